The van der Waals surface area contributed by atoms with Crippen LogP contribution in [0.1, 0.15) is 67.2 Å². The minimum atomic E-state index is -1.77. The summed E-state index contributed by atoms with van der Waals surface area (Å²) in [6.07, 6.45) is 6.82. The van der Waals surface area contributed by atoms with Crippen molar-refractivity contribution >= 4 is 8.32 Å². The Labute approximate surface area is 139 Å². The van der Waals surface area contributed by atoms with Crippen LogP contribution in [0.5, 0.6) is 0 Å². The van der Waals surface area contributed by atoms with Crippen molar-refractivity contribution in [2.45, 2.75) is 97.6 Å². The zero-order valence-corrected chi connectivity index (χ0v) is 17.0. The van der Waals surface area contributed by atoms with Crippen molar-refractivity contribution in [3.63, 3.8) is 0 Å². The zero-order valence-electron chi connectivity index (χ0n) is 16.0. The van der Waals surface area contributed by atoms with Gasteiger partial charge in [0.15, 0.2) is 14.4 Å². The average molecular weight is 326 g/mol. The molecule has 0 heterocycles. The molecule has 2 aliphatic carbocycles. The zero-order chi connectivity index (χ0) is 17.0. The van der Waals surface area contributed by atoms with Crippen LogP contribution in [0.25, 0.3) is 0 Å². The normalized spacial score (nSPS) is 39.0. The maximum atomic E-state index is 10.5. The minimum Gasteiger partial charge on any atom is -0.393 e. The van der Waals surface area contributed by atoms with E-state index in [2.05, 4.69) is 61.1 Å². The highest BCUT2D eigenvalue weighted by Gasteiger charge is 2.60. The lowest BCUT2D eigenvalue weighted by Gasteiger charge is -2.56. The highest BCUT2D eigenvalue weighted by molar-refractivity contribution is 6.74. The van der Waals surface area contributed by atoms with Gasteiger partial charge in [0.1, 0.15) is 6.42 Å². The van der Waals surface area contributed by atoms with Gasteiger partial charge >= 0.3 is 0 Å². The van der Waals surface area contributed by atoms with E-state index < -0.39 is 8.32 Å². The fourth-order valence-corrected chi connectivity index (χ4v) is 5.83. The minimum absolute atomic E-state index is 0.00367. The highest BCUT2D eigenvalue weighted by atomic mass is 28.4. The predicted octanol–water partition coefficient (Wildman–Crippen LogP) is 5.18. The van der Waals surface area contributed by atoms with Crippen LogP contribution in [-0.4, -0.2) is 25.6 Å². The molecule has 0 aromatic rings. The SMILES string of the molecule is CC1(C)[C@@H](O)CC[C@]2(C)[C@@H](O[Si](C)(C)C(C)(C)C)[CH+]CC[C@@H]12. The van der Waals surface area contributed by atoms with Crippen molar-refractivity contribution in [2.24, 2.45) is 16.7 Å². The second kappa shape index (κ2) is 5.53. The van der Waals surface area contributed by atoms with Gasteiger partial charge < -0.3 is 9.53 Å². The summed E-state index contributed by atoms with van der Waals surface area (Å²) in [4.78, 5) is 0. The number of aliphatic hydroxyl groups is 1. The second-order valence-corrected chi connectivity index (χ2v) is 14.8. The molecule has 3 heteroatoms. The van der Waals surface area contributed by atoms with Crippen LogP contribution in [0.15, 0.2) is 0 Å². The maximum absolute atomic E-state index is 10.5. The third-order valence-corrected chi connectivity index (χ3v) is 11.7. The number of fused-ring (bicyclic) bond motifs is 1. The molecule has 0 radical (unpaired) electrons. The predicted molar refractivity (Wildman–Crippen MR) is 96.2 cm³/mol. The molecule has 2 rings (SSSR count). The van der Waals surface area contributed by atoms with Gasteiger partial charge in [-0.05, 0) is 48.7 Å². The monoisotopic (exact) mass is 325 g/mol. The van der Waals surface area contributed by atoms with Crippen LogP contribution in [0.3, 0.4) is 0 Å². The molecule has 2 nitrogen and oxygen atoms in total. The maximum Gasteiger partial charge on any atom is 0.197 e. The van der Waals surface area contributed by atoms with E-state index in [1.807, 2.05) is 0 Å². The molecular weight excluding hydrogens is 288 g/mol. The molecule has 0 bridgehead atoms. The van der Waals surface area contributed by atoms with E-state index >= 15 is 0 Å². The summed E-state index contributed by atoms with van der Waals surface area (Å²) in [7, 11) is -1.77. The summed E-state index contributed by atoms with van der Waals surface area (Å²) in [5.41, 5.74) is 0.173. The Hall–Kier alpha value is 0.00688. The quantitative estimate of drug-likeness (QED) is 0.560. The van der Waals surface area contributed by atoms with E-state index in [4.69, 9.17) is 4.43 Å². The van der Waals surface area contributed by atoms with Crippen molar-refractivity contribution < 1.29 is 9.53 Å². The second-order valence-electron chi connectivity index (χ2n) is 10.0. The summed E-state index contributed by atoms with van der Waals surface area (Å²) < 4.78 is 6.85. The standard InChI is InChI=1S/C19H37O2Si/c1-17(2,3)22(7,8)21-16-11-9-10-14-18(4,5)15(20)12-13-19(14,16)6/h11,14-16,20H,9-10,12-13H2,1-8H3/q+1/t14-,15-,16-,19-/m0/s1. The number of aliphatic hydroxyl groups excluding tert-OH is 1. The molecule has 2 aliphatic rings. The Balaban J connectivity index is 2.27. The molecule has 22 heavy (non-hydrogen) atoms. The van der Waals surface area contributed by atoms with Gasteiger partial charge in [0.2, 0.25) is 0 Å². The molecule has 0 saturated heterocycles. The third kappa shape index (κ3) is 2.89. The van der Waals surface area contributed by atoms with E-state index in [0.717, 1.165) is 19.3 Å². The Morgan fingerprint density at radius 1 is 1.14 bits per heavy atom. The Kier molecular flexibility index (Phi) is 4.61. The smallest absolute Gasteiger partial charge is 0.197 e. The van der Waals surface area contributed by atoms with E-state index in [-0.39, 0.29) is 28.1 Å². The summed E-state index contributed by atoms with van der Waals surface area (Å²) in [6, 6.07) is 0. The fourth-order valence-electron chi connectivity index (χ4n) is 4.48. The molecule has 0 unspecified atom stereocenters. The van der Waals surface area contributed by atoms with E-state index in [1.54, 1.807) is 0 Å². The van der Waals surface area contributed by atoms with Crippen LogP contribution in [0.4, 0.5) is 0 Å². The van der Waals surface area contributed by atoms with Crippen LogP contribution >= 0.6 is 0 Å². The molecule has 1 N–H and O–H groups in total. The highest BCUT2D eigenvalue weighted by Crippen LogP contribution is 2.59. The van der Waals surface area contributed by atoms with Gasteiger partial charge in [-0.2, -0.15) is 0 Å². The number of hydrogen-bond acceptors (Lipinski definition) is 2. The van der Waals surface area contributed by atoms with Gasteiger partial charge in [0.05, 0.1) is 12.5 Å². The van der Waals surface area contributed by atoms with Gasteiger partial charge in [0, 0.05) is 5.41 Å². The number of rotatable bonds is 2. The lowest BCUT2D eigenvalue weighted by atomic mass is 9.50. The van der Waals surface area contributed by atoms with Crippen molar-refractivity contribution in [3.05, 3.63) is 6.42 Å². The topological polar surface area (TPSA) is 29.5 Å². The Bertz CT molecular complexity index is 410. The van der Waals surface area contributed by atoms with Gasteiger partial charge in [-0.1, -0.05) is 41.5 Å². The first-order valence-electron chi connectivity index (χ1n) is 9.01. The first kappa shape index (κ1) is 18.3. The molecule has 2 fully saturated rings. The Morgan fingerprint density at radius 2 is 1.73 bits per heavy atom. The molecule has 4 atom stereocenters. The molecule has 2 saturated carbocycles. The fraction of sp³-hybridized carbons (Fsp3) is 0.947. The van der Waals surface area contributed by atoms with Crippen LogP contribution < -0.4 is 0 Å². The van der Waals surface area contributed by atoms with Gasteiger partial charge in [-0.3, -0.25) is 0 Å². The van der Waals surface area contributed by atoms with Crippen LogP contribution in [0.2, 0.25) is 18.1 Å². The van der Waals surface area contributed by atoms with Crippen molar-refractivity contribution in [1.29, 1.82) is 0 Å². The first-order chi connectivity index (χ1) is 9.82. The summed E-state index contributed by atoms with van der Waals surface area (Å²) in [6.45, 7) is 18.6. The summed E-state index contributed by atoms with van der Waals surface area (Å²) in [5, 5.41) is 10.7. The largest absolute Gasteiger partial charge is 0.393 e. The molecular formula is C19H37O2Si+. The van der Waals surface area contributed by atoms with Crippen molar-refractivity contribution in [1.82, 2.24) is 0 Å². The molecule has 0 amide bonds. The average Bonchev–Trinajstić information content (AvgIpc) is 2.35. The number of hydrogen-bond donors (Lipinski definition) is 1. The van der Waals surface area contributed by atoms with Gasteiger partial charge in [-0.25, -0.2) is 0 Å². The molecule has 0 aliphatic heterocycles. The van der Waals surface area contributed by atoms with Crippen molar-refractivity contribution in [2.75, 3.05) is 0 Å². The molecule has 0 spiro atoms. The summed E-state index contributed by atoms with van der Waals surface area (Å²) >= 11 is 0. The van der Waals surface area contributed by atoms with E-state index in [9.17, 15) is 5.11 Å². The van der Waals surface area contributed by atoms with Gasteiger partial charge in [-0.15, -0.1) is 0 Å². The molecule has 0 aromatic heterocycles. The third-order valence-electron chi connectivity index (χ3n) is 7.22. The first-order valence-corrected chi connectivity index (χ1v) is 11.9. The lowest BCUT2D eigenvalue weighted by molar-refractivity contribution is -0.141. The van der Waals surface area contributed by atoms with E-state index in [1.165, 1.54) is 6.42 Å². The van der Waals surface area contributed by atoms with Crippen LogP contribution in [-0.2, 0) is 4.43 Å². The van der Waals surface area contributed by atoms with E-state index in [0.29, 0.717) is 5.92 Å². The summed E-state index contributed by atoms with van der Waals surface area (Å²) in [5.74, 6) is 0.545. The van der Waals surface area contributed by atoms with Crippen LogP contribution in [0, 0.1) is 23.2 Å². The molecule has 128 valence electrons. The van der Waals surface area contributed by atoms with Crippen molar-refractivity contribution in [3.8, 4) is 0 Å². The van der Waals surface area contributed by atoms with Gasteiger partial charge in [0.25, 0.3) is 0 Å². The molecule has 0 aromatic carbocycles. The Morgan fingerprint density at radius 3 is 2.27 bits per heavy atom. The lowest BCUT2D eigenvalue weighted by Crippen LogP contribution is -2.59.